The average Bonchev–Trinajstić information content (AvgIpc) is 3.44. The first-order chi connectivity index (χ1) is 13.5. The highest BCUT2D eigenvalue weighted by molar-refractivity contribution is 7.13. The molecule has 1 atom stereocenters. The number of nitrogens with zero attached hydrogens (tertiary/aromatic N) is 3. The maximum atomic E-state index is 13.0. The minimum absolute atomic E-state index is 0.0239. The number of aromatic nitrogens is 2. The summed E-state index contributed by atoms with van der Waals surface area (Å²) in [6.45, 7) is 0. The number of anilines is 1. The van der Waals surface area contributed by atoms with Crippen LogP contribution < -0.4 is 9.64 Å². The standard InChI is InChI=1S/C18H13N3O6S/c1-26-12-7-9(4-5-10(12)22)14-13(15(23)11-3-2-6-27-11)16(24)17(25)21(14)18-20-19-8-28-18/h2-8,14,22,24H,1H3. The number of carbonyl (C=O) groups excluding carboxylic acids is 2. The van der Waals surface area contributed by atoms with E-state index in [1.807, 2.05) is 0 Å². The van der Waals surface area contributed by atoms with Gasteiger partial charge in [0.05, 0.1) is 25.0 Å². The summed E-state index contributed by atoms with van der Waals surface area (Å²) < 4.78 is 10.3. The molecular formula is C18H13N3O6S. The van der Waals surface area contributed by atoms with Crippen molar-refractivity contribution in [3.63, 3.8) is 0 Å². The Balaban J connectivity index is 1.90. The molecule has 0 saturated carbocycles. The van der Waals surface area contributed by atoms with Crippen LogP contribution in [0.5, 0.6) is 11.5 Å². The molecule has 2 aromatic heterocycles. The molecule has 0 aliphatic carbocycles. The van der Waals surface area contributed by atoms with Crippen LogP contribution in [0, 0.1) is 0 Å². The van der Waals surface area contributed by atoms with Crippen molar-refractivity contribution in [2.75, 3.05) is 12.0 Å². The van der Waals surface area contributed by atoms with Gasteiger partial charge in [0.25, 0.3) is 5.91 Å². The second-order valence-electron chi connectivity index (χ2n) is 5.80. The number of amides is 1. The number of hydrogen-bond acceptors (Lipinski definition) is 9. The van der Waals surface area contributed by atoms with Gasteiger partial charge in [-0.05, 0) is 29.8 Å². The summed E-state index contributed by atoms with van der Waals surface area (Å²) in [5.74, 6) is -2.11. The fraction of sp³-hybridized carbons (Fsp3) is 0.111. The Hall–Kier alpha value is -3.66. The van der Waals surface area contributed by atoms with Crippen molar-refractivity contribution in [3.8, 4) is 11.5 Å². The smallest absolute Gasteiger partial charge is 0.296 e. The predicted octanol–water partition coefficient (Wildman–Crippen LogP) is 2.63. The summed E-state index contributed by atoms with van der Waals surface area (Å²) in [5.41, 5.74) is 1.69. The van der Waals surface area contributed by atoms with Crippen molar-refractivity contribution >= 4 is 28.2 Å². The Morgan fingerprint density at radius 1 is 1.32 bits per heavy atom. The van der Waals surface area contributed by atoms with Crippen LogP contribution in [0.15, 0.2) is 57.9 Å². The van der Waals surface area contributed by atoms with E-state index in [-0.39, 0.29) is 28.0 Å². The van der Waals surface area contributed by atoms with E-state index in [1.54, 1.807) is 0 Å². The summed E-state index contributed by atoms with van der Waals surface area (Å²) in [4.78, 5) is 26.9. The molecule has 9 nitrogen and oxygen atoms in total. The first-order valence-electron chi connectivity index (χ1n) is 8.01. The Morgan fingerprint density at radius 3 is 2.79 bits per heavy atom. The number of phenolic OH excluding ortho intramolecular Hbond substituents is 1. The third kappa shape index (κ3) is 2.70. The van der Waals surface area contributed by atoms with Crippen molar-refractivity contribution in [1.29, 1.82) is 0 Å². The number of benzene rings is 1. The highest BCUT2D eigenvalue weighted by Gasteiger charge is 2.46. The van der Waals surface area contributed by atoms with Gasteiger partial charge in [0, 0.05) is 0 Å². The largest absolute Gasteiger partial charge is 0.504 e. The molecule has 2 N–H and O–H groups in total. The van der Waals surface area contributed by atoms with E-state index in [1.165, 1.54) is 54.1 Å². The number of hydrogen-bond donors (Lipinski definition) is 2. The maximum Gasteiger partial charge on any atom is 0.296 e. The zero-order valence-electron chi connectivity index (χ0n) is 14.4. The minimum atomic E-state index is -1.01. The number of furan rings is 1. The van der Waals surface area contributed by atoms with E-state index in [4.69, 9.17) is 9.15 Å². The summed E-state index contributed by atoms with van der Waals surface area (Å²) in [6, 6.07) is 6.35. The van der Waals surface area contributed by atoms with Crippen LogP contribution >= 0.6 is 11.3 Å². The number of rotatable bonds is 5. The summed E-state index contributed by atoms with van der Waals surface area (Å²) in [5, 5.41) is 28.2. The number of aliphatic hydroxyl groups excluding tert-OH is 1. The molecule has 10 heteroatoms. The number of carbonyl (C=O) groups is 2. The Labute approximate surface area is 162 Å². The lowest BCUT2D eigenvalue weighted by molar-refractivity contribution is -0.117. The van der Waals surface area contributed by atoms with E-state index in [0.717, 1.165) is 11.3 Å². The quantitative estimate of drug-likeness (QED) is 0.627. The zero-order chi connectivity index (χ0) is 19.8. The van der Waals surface area contributed by atoms with Gasteiger partial charge in [-0.25, -0.2) is 0 Å². The second-order valence-corrected chi connectivity index (χ2v) is 6.61. The number of ether oxygens (including phenoxy) is 1. The van der Waals surface area contributed by atoms with Crippen LogP contribution in [0.4, 0.5) is 5.13 Å². The molecule has 0 fully saturated rings. The average molecular weight is 399 g/mol. The fourth-order valence-electron chi connectivity index (χ4n) is 3.03. The van der Waals surface area contributed by atoms with Gasteiger partial charge in [-0.1, -0.05) is 17.4 Å². The third-order valence-corrected chi connectivity index (χ3v) is 4.96. The topological polar surface area (TPSA) is 126 Å². The van der Waals surface area contributed by atoms with Crippen LogP contribution in [0.2, 0.25) is 0 Å². The Morgan fingerprint density at radius 2 is 2.14 bits per heavy atom. The number of methoxy groups -OCH3 is 1. The molecule has 3 aromatic rings. The second kappa shape index (κ2) is 6.82. The maximum absolute atomic E-state index is 13.0. The lowest BCUT2D eigenvalue weighted by Crippen LogP contribution is -2.31. The van der Waals surface area contributed by atoms with Crippen LogP contribution in [-0.4, -0.2) is 39.2 Å². The van der Waals surface area contributed by atoms with E-state index in [9.17, 15) is 19.8 Å². The normalized spacial score (nSPS) is 16.7. The van der Waals surface area contributed by atoms with Gasteiger partial charge in [0.2, 0.25) is 10.9 Å². The molecule has 1 unspecified atom stereocenters. The first-order valence-corrected chi connectivity index (χ1v) is 8.89. The molecule has 0 saturated heterocycles. The van der Waals surface area contributed by atoms with Gasteiger partial charge in [-0.2, -0.15) is 0 Å². The van der Waals surface area contributed by atoms with Crippen molar-refractivity contribution in [1.82, 2.24) is 10.2 Å². The molecule has 1 amide bonds. The summed E-state index contributed by atoms with van der Waals surface area (Å²) in [6.07, 6.45) is 1.32. The van der Waals surface area contributed by atoms with Crippen LogP contribution in [0.25, 0.3) is 0 Å². The monoisotopic (exact) mass is 399 g/mol. The number of phenols is 1. The fourth-order valence-corrected chi connectivity index (χ4v) is 3.61. The lowest BCUT2D eigenvalue weighted by Gasteiger charge is -2.24. The molecule has 0 radical (unpaired) electrons. The Bertz CT molecular complexity index is 1070. The molecule has 3 heterocycles. The molecule has 28 heavy (non-hydrogen) atoms. The van der Waals surface area contributed by atoms with Gasteiger partial charge in [0.15, 0.2) is 23.0 Å². The van der Waals surface area contributed by atoms with Crippen LogP contribution in [0.3, 0.4) is 0 Å². The summed E-state index contributed by atoms with van der Waals surface area (Å²) in [7, 11) is 1.38. The van der Waals surface area contributed by atoms with E-state index in [0.29, 0.717) is 5.56 Å². The Kier molecular flexibility index (Phi) is 4.32. The van der Waals surface area contributed by atoms with Crippen LogP contribution in [0.1, 0.15) is 22.2 Å². The predicted molar refractivity (Wildman–Crippen MR) is 97.5 cm³/mol. The molecule has 1 aliphatic heterocycles. The highest BCUT2D eigenvalue weighted by Crippen LogP contribution is 2.43. The molecule has 4 rings (SSSR count). The van der Waals surface area contributed by atoms with E-state index < -0.39 is 23.5 Å². The SMILES string of the molecule is COc1cc(C2C(C(=O)c3ccco3)=C(O)C(=O)N2c2nncs2)ccc1O. The van der Waals surface area contributed by atoms with Crippen molar-refractivity contribution in [2.24, 2.45) is 0 Å². The van der Waals surface area contributed by atoms with Crippen molar-refractivity contribution in [3.05, 3.63) is 64.8 Å². The first kappa shape index (κ1) is 17.7. The van der Waals surface area contributed by atoms with E-state index in [2.05, 4.69) is 10.2 Å². The van der Waals surface area contributed by atoms with Crippen molar-refractivity contribution < 1.29 is 29.0 Å². The number of Topliss-reactive ketones (excluding diaryl/α,β-unsaturated/α-hetero) is 1. The van der Waals surface area contributed by atoms with Crippen LogP contribution in [-0.2, 0) is 4.79 Å². The van der Waals surface area contributed by atoms with Gasteiger partial charge < -0.3 is 19.4 Å². The third-order valence-electron chi connectivity index (χ3n) is 4.27. The van der Waals surface area contributed by atoms with E-state index >= 15 is 0 Å². The molecule has 1 aliphatic rings. The van der Waals surface area contributed by atoms with Gasteiger partial charge in [0.1, 0.15) is 5.51 Å². The zero-order valence-corrected chi connectivity index (χ0v) is 15.2. The molecular weight excluding hydrogens is 386 g/mol. The number of ketones is 1. The highest BCUT2D eigenvalue weighted by atomic mass is 32.1. The lowest BCUT2D eigenvalue weighted by atomic mass is 9.95. The summed E-state index contributed by atoms with van der Waals surface area (Å²) >= 11 is 1.08. The van der Waals surface area contributed by atoms with Gasteiger partial charge >= 0.3 is 0 Å². The van der Waals surface area contributed by atoms with Crippen molar-refractivity contribution in [2.45, 2.75) is 6.04 Å². The molecule has 0 bridgehead atoms. The number of aromatic hydroxyl groups is 1. The molecule has 1 aromatic carbocycles. The minimum Gasteiger partial charge on any atom is -0.504 e. The molecule has 142 valence electrons. The number of aliphatic hydroxyl groups is 1. The van der Waals surface area contributed by atoms with Gasteiger partial charge in [-0.15, -0.1) is 10.2 Å². The molecule has 0 spiro atoms. The van der Waals surface area contributed by atoms with Gasteiger partial charge in [-0.3, -0.25) is 14.5 Å².